The fourth-order valence-corrected chi connectivity index (χ4v) is 2.60. The maximum Gasteiger partial charge on any atom is 0.242 e. The van der Waals surface area contributed by atoms with Crippen LogP contribution in [0.5, 0.6) is 0 Å². The summed E-state index contributed by atoms with van der Waals surface area (Å²) in [4.78, 5) is 25.6. The first-order chi connectivity index (χ1) is 9.95. The van der Waals surface area contributed by atoms with E-state index in [0.717, 1.165) is 6.42 Å². The van der Waals surface area contributed by atoms with Gasteiger partial charge in [-0.25, -0.2) is 0 Å². The van der Waals surface area contributed by atoms with Crippen LogP contribution in [-0.4, -0.2) is 41.0 Å². The Labute approximate surface area is 124 Å². The van der Waals surface area contributed by atoms with E-state index in [4.69, 9.17) is 4.42 Å². The zero-order valence-electron chi connectivity index (χ0n) is 12.5. The number of carbonyl (C=O) groups excluding carboxylic acids is 2. The largest absolute Gasteiger partial charge is 0.466 e. The normalized spacial score (nSPS) is 19.4. The summed E-state index contributed by atoms with van der Waals surface area (Å²) in [7, 11) is 0. The molecule has 6 nitrogen and oxygen atoms in total. The molecule has 0 aliphatic carbocycles. The second kappa shape index (κ2) is 6.30. The molecule has 1 saturated heterocycles. The van der Waals surface area contributed by atoms with Crippen LogP contribution in [0.25, 0.3) is 0 Å². The molecule has 1 aromatic rings. The SMILES string of the molecule is CCC(C(=O)NCC(C)(O)c1ccco1)N1CCCC1=O. The van der Waals surface area contributed by atoms with Gasteiger partial charge >= 0.3 is 0 Å². The van der Waals surface area contributed by atoms with Crippen molar-refractivity contribution in [1.82, 2.24) is 10.2 Å². The smallest absolute Gasteiger partial charge is 0.242 e. The second-order valence-electron chi connectivity index (χ2n) is 5.58. The van der Waals surface area contributed by atoms with Gasteiger partial charge in [0.1, 0.15) is 17.4 Å². The van der Waals surface area contributed by atoms with Gasteiger partial charge in [0.2, 0.25) is 11.8 Å². The molecule has 1 fully saturated rings. The lowest BCUT2D eigenvalue weighted by Crippen LogP contribution is -2.50. The van der Waals surface area contributed by atoms with Crippen molar-refractivity contribution >= 4 is 11.8 Å². The maximum absolute atomic E-state index is 12.3. The molecule has 2 heterocycles. The lowest BCUT2D eigenvalue weighted by atomic mass is 10.0. The minimum atomic E-state index is -1.27. The minimum Gasteiger partial charge on any atom is -0.466 e. The van der Waals surface area contributed by atoms with Crippen molar-refractivity contribution in [3.8, 4) is 0 Å². The Kier molecular flexibility index (Phi) is 4.67. The third-order valence-corrected chi connectivity index (χ3v) is 3.83. The van der Waals surface area contributed by atoms with E-state index in [9.17, 15) is 14.7 Å². The predicted molar refractivity (Wildman–Crippen MR) is 76.3 cm³/mol. The average Bonchev–Trinajstić information content (AvgIpc) is 3.10. The highest BCUT2D eigenvalue weighted by atomic mass is 16.4. The van der Waals surface area contributed by atoms with Crippen LogP contribution >= 0.6 is 0 Å². The Morgan fingerprint density at radius 1 is 1.62 bits per heavy atom. The number of nitrogens with zero attached hydrogens (tertiary/aromatic N) is 1. The van der Waals surface area contributed by atoms with Gasteiger partial charge in [-0.3, -0.25) is 9.59 Å². The van der Waals surface area contributed by atoms with Gasteiger partial charge in [0.05, 0.1) is 12.8 Å². The van der Waals surface area contributed by atoms with E-state index in [1.54, 1.807) is 24.0 Å². The quantitative estimate of drug-likeness (QED) is 0.820. The van der Waals surface area contributed by atoms with E-state index >= 15 is 0 Å². The van der Waals surface area contributed by atoms with E-state index < -0.39 is 11.6 Å². The summed E-state index contributed by atoms with van der Waals surface area (Å²) in [6, 6.07) is 2.88. The van der Waals surface area contributed by atoms with Crippen molar-refractivity contribution in [2.45, 2.75) is 44.8 Å². The average molecular weight is 294 g/mol. The fourth-order valence-electron chi connectivity index (χ4n) is 2.60. The molecular weight excluding hydrogens is 272 g/mol. The first kappa shape index (κ1) is 15.6. The van der Waals surface area contributed by atoms with Gasteiger partial charge in [-0.15, -0.1) is 0 Å². The van der Waals surface area contributed by atoms with Gasteiger partial charge in [0, 0.05) is 13.0 Å². The van der Waals surface area contributed by atoms with Crippen molar-refractivity contribution < 1.29 is 19.1 Å². The Balaban J connectivity index is 1.95. The summed E-state index contributed by atoms with van der Waals surface area (Å²) in [5.74, 6) is 0.183. The Hall–Kier alpha value is -1.82. The molecule has 1 aromatic heterocycles. The molecule has 0 aromatic carbocycles. The molecule has 21 heavy (non-hydrogen) atoms. The van der Waals surface area contributed by atoms with Crippen LogP contribution in [0, 0.1) is 0 Å². The predicted octanol–water partition coefficient (Wildman–Crippen LogP) is 1.00. The Bertz CT molecular complexity index is 496. The number of hydrogen-bond donors (Lipinski definition) is 2. The van der Waals surface area contributed by atoms with Crippen molar-refractivity contribution in [3.05, 3.63) is 24.2 Å². The van der Waals surface area contributed by atoms with Crippen LogP contribution in [0.4, 0.5) is 0 Å². The van der Waals surface area contributed by atoms with Crippen molar-refractivity contribution in [3.63, 3.8) is 0 Å². The molecule has 2 rings (SSSR count). The third-order valence-electron chi connectivity index (χ3n) is 3.83. The van der Waals surface area contributed by atoms with Gasteiger partial charge in [-0.2, -0.15) is 0 Å². The maximum atomic E-state index is 12.3. The molecule has 2 amide bonds. The fraction of sp³-hybridized carbons (Fsp3) is 0.600. The van der Waals surface area contributed by atoms with Crippen molar-refractivity contribution in [1.29, 1.82) is 0 Å². The molecule has 116 valence electrons. The van der Waals surface area contributed by atoms with E-state index in [1.165, 1.54) is 6.26 Å². The monoisotopic (exact) mass is 294 g/mol. The molecule has 2 atom stereocenters. The first-order valence-corrected chi connectivity index (χ1v) is 7.29. The molecular formula is C15H22N2O4. The van der Waals surface area contributed by atoms with Crippen LogP contribution in [-0.2, 0) is 15.2 Å². The molecule has 1 aliphatic heterocycles. The van der Waals surface area contributed by atoms with Gasteiger partial charge in [0.15, 0.2) is 0 Å². The van der Waals surface area contributed by atoms with Gasteiger partial charge in [-0.05, 0) is 31.9 Å². The summed E-state index contributed by atoms with van der Waals surface area (Å²) in [5, 5.41) is 13.0. The summed E-state index contributed by atoms with van der Waals surface area (Å²) in [5.41, 5.74) is -1.27. The number of hydrogen-bond acceptors (Lipinski definition) is 4. The van der Waals surface area contributed by atoms with E-state index in [1.807, 2.05) is 6.92 Å². The summed E-state index contributed by atoms with van der Waals surface area (Å²) >= 11 is 0. The Morgan fingerprint density at radius 3 is 2.90 bits per heavy atom. The topological polar surface area (TPSA) is 82.8 Å². The standard InChI is InChI=1S/C15H22N2O4/c1-3-11(17-8-4-7-13(17)18)14(19)16-10-15(2,20)12-6-5-9-21-12/h5-6,9,11,20H,3-4,7-8,10H2,1-2H3,(H,16,19). The lowest BCUT2D eigenvalue weighted by Gasteiger charge is -2.28. The van der Waals surface area contributed by atoms with E-state index in [2.05, 4.69) is 5.32 Å². The zero-order valence-corrected chi connectivity index (χ0v) is 12.5. The van der Waals surface area contributed by atoms with E-state index in [-0.39, 0.29) is 18.4 Å². The third kappa shape index (κ3) is 3.44. The van der Waals surface area contributed by atoms with Gasteiger partial charge in [-0.1, -0.05) is 6.92 Å². The highest BCUT2D eigenvalue weighted by molar-refractivity contribution is 5.88. The summed E-state index contributed by atoms with van der Waals surface area (Å²) in [6.45, 7) is 4.12. The number of amides is 2. The molecule has 6 heteroatoms. The highest BCUT2D eigenvalue weighted by Crippen LogP contribution is 2.20. The molecule has 0 bridgehead atoms. The second-order valence-corrected chi connectivity index (χ2v) is 5.58. The highest BCUT2D eigenvalue weighted by Gasteiger charge is 2.33. The van der Waals surface area contributed by atoms with Crippen molar-refractivity contribution in [2.24, 2.45) is 0 Å². The summed E-state index contributed by atoms with van der Waals surface area (Å²) < 4.78 is 5.17. The molecule has 0 radical (unpaired) electrons. The number of furan rings is 1. The van der Waals surface area contributed by atoms with Crippen LogP contribution < -0.4 is 5.32 Å². The number of likely N-dealkylation sites (tertiary alicyclic amines) is 1. The van der Waals surface area contributed by atoms with Gasteiger partial charge in [0.25, 0.3) is 0 Å². The number of carbonyl (C=O) groups is 2. The molecule has 1 aliphatic rings. The van der Waals surface area contributed by atoms with Crippen LogP contribution in [0.1, 0.15) is 38.9 Å². The Morgan fingerprint density at radius 2 is 2.38 bits per heavy atom. The van der Waals surface area contributed by atoms with Gasteiger partial charge < -0.3 is 19.7 Å². The number of nitrogens with one attached hydrogen (secondary N) is 1. The minimum absolute atomic E-state index is 0.0230. The zero-order chi connectivity index (χ0) is 15.5. The van der Waals surface area contributed by atoms with Crippen molar-refractivity contribution in [2.75, 3.05) is 13.1 Å². The van der Waals surface area contributed by atoms with Crippen LogP contribution in [0.15, 0.2) is 22.8 Å². The van der Waals surface area contributed by atoms with Crippen LogP contribution in [0.2, 0.25) is 0 Å². The molecule has 2 unspecified atom stereocenters. The number of aliphatic hydroxyl groups is 1. The first-order valence-electron chi connectivity index (χ1n) is 7.29. The van der Waals surface area contributed by atoms with E-state index in [0.29, 0.717) is 25.1 Å². The molecule has 0 saturated carbocycles. The molecule has 0 spiro atoms. The molecule has 2 N–H and O–H groups in total. The summed E-state index contributed by atoms with van der Waals surface area (Å²) in [6.07, 6.45) is 3.34. The lowest BCUT2D eigenvalue weighted by molar-refractivity contribution is -0.138. The van der Waals surface area contributed by atoms with Crippen LogP contribution in [0.3, 0.4) is 0 Å². The number of rotatable bonds is 6.